The number of nitrogens with one attached hydrogen (secondary N) is 2. The molecule has 0 saturated heterocycles. The van der Waals surface area contributed by atoms with Crippen molar-refractivity contribution in [3.63, 3.8) is 0 Å². The Kier molecular flexibility index (Phi) is 5.25. The largest absolute Gasteiger partial charge is 0.497 e. The average molecular weight is 377 g/mol. The third-order valence-corrected chi connectivity index (χ3v) is 4.65. The van der Waals surface area contributed by atoms with Crippen molar-refractivity contribution in [2.45, 2.75) is 12.8 Å². The third kappa shape index (κ3) is 3.84. The van der Waals surface area contributed by atoms with E-state index in [4.69, 9.17) is 14.6 Å². The standard InChI is InChI=1S/C21H23N5O2/c1-22-28-17-7-5-16(6-8-17)24-21-23-12-11-20(25-21)26-13-3-4-15-14-18(27-2)9-10-19(15)26/h5-12,14,22H,3-4,13H2,1-2H3,(H,23,24,25). The highest BCUT2D eigenvalue weighted by atomic mass is 16.6. The lowest BCUT2D eigenvalue weighted by Crippen LogP contribution is -2.25. The maximum Gasteiger partial charge on any atom is 0.229 e. The van der Waals surface area contributed by atoms with E-state index >= 15 is 0 Å². The van der Waals surface area contributed by atoms with Crippen molar-refractivity contribution in [2.75, 3.05) is 30.9 Å². The summed E-state index contributed by atoms with van der Waals surface area (Å²) in [6.45, 7) is 0.922. The van der Waals surface area contributed by atoms with E-state index in [-0.39, 0.29) is 0 Å². The van der Waals surface area contributed by atoms with Gasteiger partial charge in [-0.05, 0) is 66.9 Å². The molecule has 0 spiro atoms. The van der Waals surface area contributed by atoms with Crippen molar-refractivity contribution in [1.82, 2.24) is 15.4 Å². The van der Waals surface area contributed by atoms with Gasteiger partial charge in [-0.3, -0.25) is 0 Å². The lowest BCUT2D eigenvalue weighted by Gasteiger charge is -2.30. The van der Waals surface area contributed by atoms with Gasteiger partial charge < -0.3 is 19.8 Å². The number of aryl methyl sites for hydroxylation is 1. The number of hydroxylamine groups is 1. The second-order valence-electron chi connectivity index (χ2n) is 6.44. The van der Waals surface area contributed by atoms with E-state index in [1.54, 1.807) is 20.4 Å². The van der Waals surface area contributed by atoms with Crippen molar-refractivity contribution >= 4 is 23.1 Å². The molecule has 0 amide bonds. The highest BCUT2D eigenvalue weighted by Gasteiger charge is 2.20. The van der Waals surface area contributed by atoms with Crippen LogP contribution in [-0.2, 0) is 6.42 Å². The Hall–Kier alpha value is -3.32. The molecular weight excluding hydrogens is 354 g/mol. The van der Waals surface area contributed by atoms with Crippen LogP contribution in [0, 0.1) is 0 Å². The van der Waals surface area contributed by atoms with Crippen LogP contribution in [0.25, 0.3) is 0 Å². The van der Waals surface area contributed by atoms with Crippen LogP contribution >= 0.6 is 0 Å². The average Bonchev–Trinajstić information content (AvgIpc) is 2.74. The van der Waals surface area contributed by atoms with Crippen LogP contribution in [0.2, 0.25) is 0 Å². The zero-order valence-corrected chi connectivity index (χ0v) is 16.0. The van der Waals surface area contributed by atoms with Gasteiger partial charge in [0.25, 0.3) is 0 Å². The summed E-state index contributed by atoms with van der Waals surface area (Å²) in [4.78, 5) is 16.5. The SMILES string of the molecule is CNOc1ccc(Nc2nccc(N3CCCc4cc(OC)ccc43)n2)cc1. The van der Waals surface area contributed by atoms with Crippen LogP contribution in [-0.4, -0.2) is 30.7 Å². The molecule has 1 aromatic heterocycles. The van der Waals surface area contributed by atoms with Crippen LogP contribution in [0.4, 0.5) is 23.1 Å². The highest BCUT2D eigenvalue weighted by Crippen LogP contribution is 2.35. The highest BCUT2D eigenvalue weighted by molar-refractivity contribution is 5.67. The number of ether oxygens (including phenoxy) is 1. The lowest BCUT2D eigenvalue weighted by atomic mass is 10.0. The van der Waals surface area contributed by atoms with E-state index in [0.29, 0.717) is 5.95 Å². The predicted octanol–water partition coefficient (Wildman–Crippen LogP) is 3.83. The molecule has 0 saturated carbocycles. The molecule has 1 aliphatic heterocycles. The fourth-order valence-electron chi connectivity index (χ4n) is 3.35. The number of benzene rings is 2. The Morgan fingerprint density at radius 3 is 2.64 bits per heavy atom. The van der Waals surface area contributed by atoms with Gasteiger partial charge in [0.2, 0.25) is 5.95 Å². The number of aromatic nitrogens is 2. The zero-order valence-electron chi connectivity index (χ0n) is 16.0. The van der Waals surface area contributed by atoms with Gasteiger partial charge in [-0.15, -0.1) is 0 Å². The smallest absolute Gasteiger partial charge is 0.229 e. The Bertz CT molecular complexity index is 946. The first-order valence-corrected chi connectivity index (χ1v) is 9.25. The summed E-state index contributed by atoms with van der Waals surface area (Å²) in [6, 6.07) is 15.7. The molecule has 144 valence electrons. The van der Waals surface area contributed by atoms with Crippen LogP contribution in [0.15, 0.2) is 54.7 Å². The molecule has 2 heterocycles. The number of rotatable bonds is 6. The second kappa shape index (κ2) is 8.14. The van der Waals surface area contributed by atoms with Crippen molar-refractivity contribution in [3.8, 4) is 11.5 Å². The summed E-state index contributed by atoms with van der Waals surface area (Å²) < 4.78 is 5.36. The first kappa shape index (κ1) is 18.1. The molecule has 3 aromatic rings. The van der Waals surface area contributed by atoms with Gasteiger partial charge in [-0.2, -0.15) is 10.5 Å². The first-order chi connectivity index (χ1) is 13.8. The van der Waals surface area contributed by atoms with E-state index in [1.807, 2.05) is 36.4 Å². The van der Waals surface area contributed by atoms with Crippen LogP contribution in [0.5, 0.6) is 11.5 Å². The van der Waals surface area contributed by atoms with E-state index in [2.05, 4.69) is 32.8 Å². The monoisotopic (exact) mass is 377 g/mol. The predicted molar refractivity (Wildman–Crippen MR) is 110 cm³/mol. The van der Waals surface area contributed by atoms with Crippen molar-refractivity contribution < 1.29 is 9.57 Å². The molecule has 28 heavy (non-hydrogen) atoms. The summed E-state index contributed by atoms with van der Waals surface area (Å²) in [5, 5.41) is 3.25. The first-order valence-electron chi connectivity index (χ1n) is 9.25. The van der Waals surface area contributed by atoms with E-state index in [9.17, 15) is 0 Å². The van der Waals surface area contributed by atoms with Gasteiger partial charge in [0.05, 0.1) is 7.11 Å². The van der Waals surface area contributed by atoms with Crippen molar-refractivity contribution in [1.29, 1.82) is 0 Å². The Morgan fingerprint density at radius 1 is 1.04 bits per heavy atom. The quantitative estimate of drug-likeness (QED) is 0.633. The Morgan fingerprint density at radius 2 is 1.86 bits per heavy atom. The molecule has 1 aliphatic rings. The minimum atomic E-state index is 0.556. The molecule has 0 atom stereocenters. The molecule has 7 heteroatoms. The number of fused-ring (bicyclic) bond motifs is 1. The zero-order chi connectivity index (χ0) is 19.3. The number of hydrogen-bond acceptors (Lipinski definition) is 7. The second-order valence-corrected chi connectivity index (χ2v) is 6.44. The van der Waals surface area contributed by atoms with Gasteiger partial charge in [-0.1, -0.05) is 0 Å². The third-order valence-electron chi connectivity index (χ3n) is 4.65. The molecular formula is C21H23N5O2. The van der Waals surface area contributed by atoms with E-state index in [1.165, 1.54) is 11.3 Å². The fourth-order valence-corrected chi connectivity index (χ4v) is 3.35. The summed E-state index contributed by atoms with van der Waals surface area (Å²) >= 11 is 0. The molecule has 0 unspecified atom stereocenters. The Balaban J connectivity index is 1.56. The number of methoxy groups -OCH3 is 1. The van der Waals surface area contributed by atoms with Gasteiger partial charge in [-0.25, -0.2) is 4.98 Å². The maximum absolute atomic E-state index is 5.36. The summed E-state index contributed by atoms with van der Waals surface area (Å²) in [5.41, 5.74) is 5.99. The van der Waals surface area contributed by atoms with Crippen LogP contribution in [0.1, 0.15) is 12.0 Å². The maximum atomic E-state index is 5.36. The van der Waals surface area contributed by atoms with E-state index < -0.39 is 0 Å². The normalized spacial score (nSPS) is 13.0. The minimum Gasteiger partial charge on any atom is -0.497 e. The van der Waals surface area contributed by atoms with E-state index in [0.717, 1.165) is 42.4 Å². The molecule has 0 bridgehead atoms. The number of anilines is 4. The van der Waals surface area contributed by atoms with Gasteiger partial charge in [0.15, 0.2) is 0 Å². The van der Waals surface area contributed by atoms with Crippen LogP contribution in [0.3, 0.4) is 0 Å². The Labute approximate surface area is 164 Å². The molecule has 2 N–H and O–H groups in total. The van der Waals surface area contributed by atoms with Gasteiger partial charge >= 0.3 is 0 Å². The molecule has 0 fully saturated rings. The topological polar surface area (TPSA) is 71.5 Å². The minimum absolute atomic E-state index is 0.556. The lowest BCUT2D eigenvalue weighted by molar-refractivity contribution is 0.224. The summed E-state index contributed by atoms with van der Waals surface area (Å²) in [6.07, 6.45) is 3.89. The van der Waals surface area contributed by atoms with Crippen molar-refractivity contribution in [3.05, 3.63) is 60.3 Å². The van der Waals surface area contributed by atoms with Gasteiger partial charge in [0, 0.05) is 31.2 Å². The molecule has 4 rings (SSSR count). The molecule has 7 nitrogen and oxygen atoms in total. The summed E-state index contributed by atoms with van der Waals surface area (Å²) in [7, 11) is 3.42. The molecule has 0 aliphatic carbocycles. The number of nitrogens with zero attached hydrogens (tertiary/aromatic N) is 3. The molecule has 2 aromatic carbocycles. The number of hydrogen-bond donors (Lipinski definition) is 2. The summed E-state index contributed by atoms with van der Waals surface area (Å²) in [5.74, 6) is 3.05. The van der Waals surface area contributed by atoms with Crippen LogP contribution < -0.4 is 25.3 Å². The van der Waals surface area contributed by atoms with Gasteiger partial charge in [0.1, 0.15) is 17.3 Å². The van der Waals surface area contributed by atoms with Crippen molar-refractivity contribution in [2.24, 2.45) is 0 Å². The molecule has 0 radical (unpaired) electrons. The fraction of sp³-hybridized carbons (Fsp3) is 0.238.